The topological polar surface area (TPSA) is 71.3 Å². The summed E-state index contributed by atoms with van der Waals surface area (Å²) in [7, 11) is 0. The van der Waals surface area contributed by atoms with Crippen LogP contribution in [0.4, 0.5) is 24.9 Å². The maximum atomic E-state index is 13.4. The average Bonchev–Trinajstić information content (AvgIpc) is 2.99. The quantitative estimate of drug-likeness (QED) is 0.837. The molecule has 2 fully saturated rings. The van der Waals surface area contributed by atoms with Gasteiger partial charge in [-0.15, -0.1) is 0 Å². The summed E-state index contributed by atoms with van der Waals surface area (Å²) in [5.74, 6) is 0.856. The Morgan fingerprint density at radius 1 is 1.11 bits per heavy atom. The summed E-state index contributed by atoms with van der Waals surface area (Å²) in [4.78, 5) is 17.0. The highest BCUT2D eigenvalue weighted by Gasteiger charge is 2.34. The summed E-state index contributed by atoms with van der Waals surface area (Å²) < 4.78 is 46.6. The van der Waals surface area contributed by atoms with Crippen molar-refractivity contribution in [3.05, 3.63) is 6.33 Å². The fraction of sp³-hybridized carbons (Fsp3) is 0.706. The van der Waals surface area contributed by atoms with Crippen molar-refractivity contribution in [2.24, 2.45) is 0 Å². The van der Waals surface area contributed by atoms with Gasteiger partial charge < -0.3 is 19.9 Å². The van der Waals surface area contributed by atoms with E-state index in [0.29, 0.717) is 56.7 Å². The van der Waals surface area contributed by atoms with Crippen molar-refractivity contribution in [3.63, 3.8) is 0 Å². The van der Waals surface area contributed by atoms with Gasteiger partial charge in [0, 0.05) is 38.3 Å². The van der Waals surface area contributed by atoms with E-state index in [9.17, 15) is 13.2 Å². The van der Waals surface area contributed by atoms with E-state index in [2.05, 4.69) is 20.3 Å². The molecule has 2 aliphatic heterocycles. The molecule has 0 aliphatic carbocycles. The minimum Gasteiger partial charge on any atom is -0.378 e. The molecule has 2 saturated heterocycles. The Kier molecular flexibility index (Phi) is 5.04. The zero-order chi connectivity index (χ0) is 19.9. The monoisotopic (exact) mass is 399 g/mol. The van der Waals surface area contributed by atoms with Crippen LogP contribution in [0.2, 0.25) is 0 Å². The number of anilines is 2. The van der Waals surface area contributed by atoms with Gasteiger partial charge >= 0.3 is 6.18 Å². The number of imidazole rings is 1. The van der Waals surface area contributed by atoms with Gasteiger partial charge in [-0.1, -0.05) is 0 Å². The molecule has 0 spiro atoms. The highest BCUT2D eigenvalue weighted by Crippen LogP contribution is 2.31. The minimum atomic E-state index is -4.38. The number of aromatic nitrogens is 4. The van der Waals surface area contributed by atoms with Gasteiger partial charge in [-0.3, -0.25) is 4.57 Å². The number of alkyl halides is 3. The molecule has 0 saturated carbocycles. The van der Waals surface area contributed by atoms with Crippen LogP contribution in [0.15, 0.2) is 6.33 Å². The minimum absolute atomic E-state index is 0.146. The van der Waals surface area contributed by atoms with E-state index >= 15 is 0 Å². The molecule has 11 heteroatoms. The molecular weight excluding hydrogens is 375 g/mol. The van der Waals surface area contributed by atoms with E-state index < -0.39 is 12.7 Å². The smallest absolute Gasteiger partial charge is 0.378 e. The Morgan fingerprint density at radius 2 is 1.79 bits per heavy atom. The normalized spacial score (nSPS) is 24.2. The fourth-order valence-electron chi connectivity index (χ4n) is 3.98. The lowest BCUT2D eigenvalue weighted by atomic mass is 10.1. The fourth-order valence-corrected chi connectivity index (χ4v) is 3.98. The Bertz CT molecular complexity index is 824. The zero-order valence-corrected chi connectivity index (χ0v) is 15.9. The van der Waals surface area contributed by atoms with Crippen LogP contribution in [-0.2, 0) is 11.3 Å². The van der Waals surface area contributed by atoms with Crippen LogP contribution < -0.4 is 15.1 Å². The summed E-state index contributed by atoms with van der Waals surface area (Å²) >= 11 is 0. The van der Waals surface area contributed by atoms with Crippen molar-refractivity contribution in [2.45, 2.75) is 38.7 Å². The Hall–Kier alpha value is -2.14. The number of nitrogens with one attached hydrogen (secondary N) is 1. The van der Waals surface area contributed by atoms with Crippen molar-refractivity contribution in [2.75, 3.05) is 49.2 Å². The van der Waals surface area contributed by atoms with Crippen molar-refractivity contribution in [3.8, 4) is 0 Å². The van der Waals surface area contributed by atoms with Crippen molar-refractivity contribution in [1.29, 1.82) is 0 Å². The number of fused-ring (bicyclic) bond motifs is 1. The van der Waals surface area contributed by atoms with E-state index in [1.807, 2.05) is 23.6 Å². The van der Waals surface area contributed by atoms with Gasteiger partial charge in [0.05, 0.1) is 13.2 Å². The van der Waals surface area contributed by atoms with Gasteiger partial charge in [-0.25, -0.2) is 15.0 Å². The highest BCUT2D eigenvalue weighted by atomic mass is 19.4. The Labute approximate surface area is 160 Å². The maximum Gasteiger partial charge on any atom is 0.406 e. The molecule has 2 aromatic heterocycles. The molecule has 8 nitrogen and oxygen atoms in total. The molecule has 1 N–H and O–H groups in total. The Balaban J connectivity index is 1.81. The summed E-state index contributed by atoms with van der Waals surface area (Å²) in [6, 6.07) is 0.292. The van der Waals surface area contributed by atoms with Crippen molar-refractivity contribution < 1.29 is 17.9 Å². The van der Waals surface area contributed by atoms with E-state index in [1.54, 1.807) is 0 Å². The predicted octanol–water partition coefficient (Wildman–Crippen LogP) is 1.41. The highest BCUT2D eigenvalue weighted by molar-refractivity contribution is 5.86. The van der Waals surface area contributed by atoms with Gasteiger partial charge in [0.15, 0.2) is 17.0 Å². The first-order valence-corrected chi connectivity index (χ1v) is 9.43. The standard InChI is InChI=1S/C17H24F3N7O/c1-11-7-26(8-12(2)23-11)16-24-13-14(25-3-5-28-6-4-25)21-10-22-15(13)27(16)9-17(18,19)20/h10-12,23H,3-9H2,1-2H3/t11-,12+. The van der Waals surface area contributed by atoms with Gasteiger partial charge in [-0.05, 0) is 13.8 Å². The van der Waals surface area contributed by atoms with Crippen LogP contribution in [0.3, 0.4) is 0 Å². The Morgan fingerprint density at radius 3 is 2.43 bits per heavy atom. The first-order chi connectivity index (χ1) is 13.3. The average molecular weight is 399 g/mol. The molecule has 154 valence electrons. The van der Waals surface area contributed by atoms with Crippen LogP contribution in [0, 0.1) is 0 Å². The van der Waals surface area contributed by atoms with Crippen molar-refractivity contribution >= 4 is 22.9 Å². The third-order valence-corrected chi connectivity index (χ3v) is 4.98. The third-order valence-electron chi connectivity index (χ3n) is 4.98. The molecule has 0 bridgehead atoms. The lowest BCUT2D eigenvalue weighted by Crippen LogP contribution is -2.55. The van der Waals surface area contributed by atoms with Crippen LogP contribution in [0.5, 0.6) is 0 Å². The van der Waals surface area contributed by atoms with Crippen LogP contribution in [0.25, 0.3) is 11.2 Å². The van der Waals surface area contributed by atoms with Crippen molar-refractivity contribution in [1.82, 2.24) is 24.8 Å². The molecule has 0 aromatic carbocycles. The second-order valence-corrected chi connectivity index (χ2v) is 7.46. The van der Waals surface area contributed by atoms with Crippen LogP contribution in [0.1, 0.15) is 13.8 Å². The number of halogens is 3. The molecule has 2 aliphatic rings. The molecule has 0 unspecified atom stereocenters. The summed E-state index contributed by atoms with van der Waals surface area (Å²) in [6.07, 6.45) is -3.06. The number of piperazine rings is 1. The van der Waals surface area contributed by atoms with Gasteiger partial charge in [0.1, 0.15) is 12.9 Å². The molecular formula is C17H24F3N7O. The molecule has 4 heterocycles. The van der Waals surface area contributed by atoms with E-state index in [4.69, 9.17) is 4.74 Å². The zero-order valence-electron chi connectivity index (χ0n) is 15.9. The van der Waals surface area contributed by atoms with Gasteiger partial charge in [0.25, 0.3) is 0 Å². The maximum absolute atomic E-state index is 13.4. The van der Waals surface area contributed by atoms with E-state index in [1.165, 1.54) is 10.9 Å². The van der Waals surface area contributed by atoms with E-state index in [0.717, 1.165) is 0 Å². The largest absolute Gasteiger partial charge is 0.406 e. The number of nitrogens with zero attached hydrogens (tertiary/aromatic N) is 6. The summed E-state index contributed by atoms with van der Waals surface area (Å²) in [5, 5.41) is 3.39. The number of ether oxygens (including phenoxy) is 1. The molecule has 0 radical (unpaired) electrons. The second kappa shape index (κ2) is 7.36. The molecule has 28 heavy (non-hydrogen) atoms. The first kappa shape index (κ1) is 19.2. The summed E-state index contributed by atoms with van der Waals surface area (Å²) in [5.41, 5.74) is 0.616. The first-order valence-electron chi connectivity index (χ1n) is 9.43. The molecule has 4 rings (SSSR count). The van der Waals surface area contributed by atoms with Gasteiger partial charge in [-0.2, -0.15) is 13.2 Å². The number of rotatable bonds is 3. The summed E-state index contributed by atoms with van der Waals surface area (Å²) in [6.45, 7) is 6.38. The second-order valence-electron chi connectivity index (χ2n) is 7.46. The number of morpholine rings is 1. The van der Waals surface area contributed by atoms with Crippen LogP contribution >= 0.6 is 0 Å². The molecule has 2 atom stereocenters. The lowest BCUT2D eigenvalue weighted by molar-refractivity contribution is -0.139. The third kappa shape index (κ3) is 3.86. The number of hydrogen-bond acceptors (Lipinski definition) is 7. The lowest BCUT2D eigenvalue weighted by Gasteiger charge is -2.36. The molecule has 2 aromatic rings. The van der Waals surface area contributed by atoms with Gasteiger partial charge in [0.2, 0.25) is 5.95 Å². The SMILES string of the molecule is C[C@@H]1CN(c2nc3c(N4CCOCC4)ncnc3n2CC(F)(F)F)C[C@H](C)N1. The predicted molar refractivity (Wildman–Crippen MR) is 98.7 cm³/mol. The van der Waals surface area contributed by atoms with Crippen LogP contribution in [-0.4, -0.2) is 77.2 Å². The van der Waals surface area contributed by atoms with E-state index in [-0.39, 0.29) is 17.7 Å². The number of hydrogen-bond donors (Lipinski definition) is 1. The molecule has 0 amide bonds.